The highest BCUT2D eigenvalue weighted by Crippen LogP contribution is 2.37. The first-order valence-corrected chi connectivity index (χ1v) is 11.9. The van der Waals surface area contributed by atoms with Crippen LogP contribution in [-0.2, 0) is 11.0 Å². The second-order valence-electron chi connectivity index (χ2n) is 7.28. The van der Waals surface area contributed by atoms with Crippen molar-refractivity contribution in [3.05, 3.63) is 95.6 Å². The molecule has 0 fully saturated rings. The van der Waals surface area contributed by atoms with Gasteiger partial charge in [-0.25, -0.2) is 4.57 Å². The third kappa shape index (κ3) is 7.98. The first-order valence-electron chi connectivity index (χ1n) is 10.4. The average molecular weight is 453 g/mol. The van der Waals surface area contributed by atoms with Crippen LogP contribution in [0.2, 0.25) is 0 Å². The summed E-state index contributed by atoms with van der Waals surface area (Å²) in [5.41, 5.74) is 4.45. The Labute approximate surface area is 188 Å². The van der Waals surface area contributed by atoms with E-state index in [-0.39, 0.29) is 5.75 Å². The van der Waals surface area contributed by atoms with Crippen molar-refractivity contribution in [1.29, 1.82) is 0 Å². The van der Waals surface area contributed by atoms with Gasteiger partial charge in [0, 0.05) is 6.54 Å². The Balaban J connectivity index is 1.72. The van der Waals surface area contributed by atoms with Crippen LogP contribution in [0.1, 0.15) is 23.1 Å². The molecule has 0 saturated heterocycles. The van der Waals surface area contributed by atoms with E-state index >= 15 is 0 Å². The van der Waals surface area contributed by atoms with E-state index in [1.807, 2.05) is 37.4 Å². The molecule has 3 aromatic carbocycles. The van der Waals surface area contributed by atoms with Crippen LogP contribution >= 0.6 is 7.82 Å². The third-order valence-electron chi connectivity index (χ3n) is 4.82. The molecule has 0 aromatic heterocycles. The van der Waals surface area contributed by atoms with Gasteiger partial charge in [-0.05, 0) is 66.4 Å². The molecule has 7 heteroatoms. The molecule has 0 aliphatic rings. The fraction of sp³-hybridized carbons (Fsp3) is 0.200. The third-order valence-corrected chi connectivity index (χ3v) is 5.27. The molecule has 32 heavy (non-hydrogen) atoms. The molecule has 0 heterocycles. The zero-order valence-corrected chi connectivity index (χ0v) is 18.9. The summed E-state index contributed by atoms with van der Waals surface area (Å²) in [5.74, 6) is 0.995. The number of benzene rings is 3. The summed E-state index contributed by atoms with van der Waals surface area (Å²) in [5, 5.41) is 3.06. The lowest BCUT2D eigenvalue weighted by molar-refractivity contribution is 0.283. The van der Waals surface area contributed by atoms with Gasteiger partial charge in [0.05, 0.1) is 0 Å². The van der Waals surface area contributed by atoms with Gasteiger partial charge in [0.1, 0.15) is 18.1 Å². The van der Waals surface area contributed by atoms with Gasteiger partial charge in [-0.3, -0.25) is 9.79 Å². The Hall–Kier alpha value is -2.89. The summed E-state index contributed by atoms with van der Waals surface area (Å²) in [4.78, 5) is 17.9. The summed E-state index contributed by atoms with van der Waals surface area (Å²) >= 11 is 0. The van der Waals surface area contributed by atoms with Crippen LogP contribution in [0, 0.1) is 0 Å². The second-order valence-corrected chi connectivity index (χ2v) is 8.45. The molecule has 3 rings (SSSR count). The van der Waals surface area contributed by atoms with Crippen molar-refractivity contribution in [2.24, 2.45) is 0 Å². The van der Waals surface area contributed by atoms with Crippen molar-refractivity contribution in [2.45, 2.75) is 12.8 Å². The van der Waals surface area contributed by atoms with Gasteiger partial charge in [0.15, 0.2) is 0 Å². The lowest BCUT2D eigenvalue weighted by Crippen LogP contribution is -2.15. The number of likely N-dealkylation sites (N-methyl/N-ethyl adjacent to an activating group) is 1. The van der Waals surface area contributed by atoms with E-state index in [0.717, 1.165) is 36.3 Å². The molecule has 168 valence electrons. The zero-order chi connectivity index (χ0) is 22.8. The van der Waals surface area contributed by atoms with Crippen molar-refractivity contribution in [3.63, 3.8) is 0 Å². The summed E-state index contributed by atoms with van der Waals surface area (Å²) in [6.45, 7) is 1.44. The lowest BCUT2D eigenvalue weighted by Gasteiger charge is -2.11. The Morgan fingerprint density at radius 3 is 2.22 bits per heavy atom. The number of nitrogens with one attached hydrogen (secondary N) is 1. The quantitative estimate of drug-likeness (QED) is 0.217. The Bertz CT molecular complexity index is 1040. The zero-order valence-electron chi connectivity index (χ0n) is 18.0. The predicted octanol–water partition coefficient (Wildman–Crippen LogP) is 4.93. The maximum absolute atomic E-state index is 11.0. The molecule has 0 amide bonds. The van der Waals surface area contributed by atoms with Gasteiger partial charge in [-0.2, -0.15) is 0 Å². The van der Waals surface area contributed by atoms with E-state index in [1.165, 1.54) is 11.1 Å². The van der Waals surface area contributed by atoms with E-state index < -0.39 is 7.82 Å². The summed E-state index contributed by atoms with van der Waals surface area (Å²) in [6.07, 6.45) is 3.80. The monoisotopic (exact) mass is 453 g/mol. The van der Waals surface area contributed by atoms with Crippen LogP contribution < -0.4 is 14.6 Å². The first kappa shape index (κ1) is 23.8. The van der Waals surface area contributed by atoms with Crippen LogP contribution in [0.15, 0.2) is 78.9 Å². The van der Waals surface area contributed by atoms with Crippen LogP contribution in [0.3, 0.4) is 0 Å². The summed E-state index contributed by atoms with van der Waals surface area (Å²) < 4.78 is 21.3. The first-order chi connectivity index (χ1) is 15.4. The van der Waals surface area contributed by atoms with Gasteiger partial charge >= 0.3 is 7.82 Å². The maximum atomic E-state index is 11.0. The van der Waals surface area contributed by atoms with Gasteiger partial charge in [0.25, 0.3) is 0 Å². The van der Waals surface area contributed by atoms with Crippen molar-refractivity contribution >= 4 is 19.5 Å². The number of ether oxygens (including phenoxy) is 1. The largest absolute Gasteiger partial charge is 0.524 e. The molecular formula is C25H28NO5P. The standard InChI is InChI=1S/C25H28NO5P/c1-26-17-18-30-24-13-8-20(9-14-24)7-12-23(22-5-3-2-4-6-22)19-21-10-15-25(16-11-21)31-32(27,28)29/h2-6,8-11,13-16,19,26H,7,12,17-18H2,1H3,(H2,27,28,29)/b23-19+. The van der Waals surface area contributed by atoms with Gasteiger partial charge in [-0.15, -0.1) is 0 Å². The molecule has 0 radical (unpaired) electrons. The molecule has 0 atom stereocenters. The van der Waals surface area contributed by atoms with Gasteiger partial charge < -0.3 is 14.6 Å². The topological polar surface area (TPSA) is 88.0 Å². The van der Waals surface area contributed by atoms with Crippen molar-refractivity contribution in [1.82, 2.24) is 5.32 Å². The Morgan fingerprint density at radius 1 is 0.938 bits per heavy atom. The molecule has 0 saturated carbocycles. The number of hydrogen-bond donors (Lipinski definition) is 3. The number of allylic oxidation sites excluding steroid dienone is 1. The van der Waals surface area contributed by atoms with Gasteiger partial charge in [0.2, 0.25) is 0 Å². The maximum Gasteiger partial charge on any atom is 0.524 e. The highest BCUT2D eigenvalue weighted by molar-refractivity contribution is 7.46. The molecule has 0 aliphatic carbocycles. The summed E-state index contributed by atoms with van der Waals surface area (Å²) in [7, 11) is -2.66. The minimum atomic E-state index is -4.56. The number of hydrogen-bond acceptors (Lipinski definition) is 4. The lowest BCUT2D eigenvalue weighted by atomic mass is 9.96. The molecule has 0 bridgehead atoms. The van der Waals surface area contributed by atoms with E-state index in [1.54, 1.807) is 24.3 Å². The fourth-order valence-electron chi connectivity index (χ4n) is 3.22. The van der Waals surface area contributed by atoms with E-state index in [9.17, 15) is 4.57 Å². The number of phosphoric acid groups is 1. The Kier molecular flexibility index (Phi) is 8.65. The molecular weight excluding hydrogens is 425 g/mol. The second kappa shape index (κ2) is 11.7. The Morgan fingerprint density at radius 2 is 1.59 bits per heavy atom. The summed E-state index contributed by atoms with van der Waals surface area (Å²) in [6, 6.07) is 25.0. The molecule has 0 unspecified atom stereocenters. The normalized spacial score (nSPS) is 11.9. The van der Waals surface area contributed by atoms with Crippen LogP contribution in [0.25, 0.3) is 11.6 Å². The number of phosphoric ester groups is 1. The minimum Gasteiger partial charge on any atom is -0.492 e. The van der Waals surface area contributed by atoms with E-state index in [2.05, 4.69) is 40.2 Å². The molecule has 0 aliphatic heterocycles. The van der Waals surface area contributed by atoms with Crippen molar-refractivity contribution < 1.29 is 23.6 Å². The number of rotatable bonds is 11. The fourth-order valence-corrected chi connectivity index (χ4v) is 3.61. The molecule has 0 spiro atoms. The van der Waals surface area contributed by atoms with Crippen LogP contribution in [0.4, 0.5) is 0 Å². The van der Waals surface area contributed by atoms with Gasteiger partial charge in [-0.1, -0.05) is 60.7 Å². The van der Waals surface area contributed by atoms with Crippen molar-refractivity contribution in [2.75, 3.05) is 20.2 Å². The number of aryl methyl sites for hydroxylation is 1. The molecule has 3 N–H and O–H groups in total. The molecule has 6 nitrogen and oxygen atoms in total. The van der Waals surface area contributed by atoms with Crippen LogP contribution in [0.5, 0.6) is 11.5 Å². The van der Waals surface area contributed by atoms with Crippen molar-refractivity contribution in [3.8, 4) is 11.5 Å². The van der Waals surface area contributed by atoms with E-state index in [4.69, 9.17) is 14.5 Å². The smallest absolute Gasteiger partial charge is 0.492 e. The predicted molar refractivity (Wildman–Crippen MR) is 128 cm³/mol. The highest BCUT2D eigenvalue weighted by Gasteiger charge is 2.15. The SMILES string of the molecule is CNCCOc1ccc(CC/C(=C\c2ccc(OP(=O)(O)O)cc2)c2ccccc2)cc1. The minimum absolute atomic E-state index is 0.133. The molecule has 3 aromatic rings. The van der Waals surface area contributed by atoms with E-state index in [0.29, 0.717) is 6.61 Å². The average Bonchev–Trinajstić information content (AvgIpc) is 2.78. The highest BCUT2D eigenvalue weighted by atomic mass is 31.2. The van der Waals surface area contributed by atoms with Crippen LogP contribution in [-0.4, -0.2) is 30.0 Å².